The first kappa shape index (κ1) is 11.9. The highest BCUT2D eigenvalue weighted by atomic mass is 35.5. The van der Waals surface area contributed by atoms with E-state index in [4.69, 9.17) is 17.3 Å². The van der Waals surface area contributed by atoms with Gasteiger partial charge in [-0.15, -0.1) is 0 Å². The van der Waals surface area contributed by atoms with Crippen LogP contribution in [0.3, 0.4) is 0 Å². The second-order valence-corrected chi connectivity index (χ2v) is 4.63. The summed E-state index contributed by atoms with van der Waals surface area (Å²) < 4.78 is 15.5. The molecule has 2 heterocycles. The number of halogens is 2. The second kappa shape index (κ2) is 4.20. The van der Waals surface area contributed by atoms with Crippen LogP contribution < -0.4 is 5.73 Å². The highest BCUT2D eigenvalue weighted by molar-refractivity contribution is 6.30. The molecule has 0 fully saturated rings. The molecule has 19 heavy (non-hydrogen) atoms. The van der Waals surface area contributed by atoms with Crippen LogP contribution in [0.25, 0.3) is 16.9 Å². The van der Waals surface area contributed by atoms with E-state index < -0.39 is 5.82 Å². The second-order valence-electron chi connectivity index (χ2n) is 4.20. The Balaban J connectivity index is 2.35. The van der Waals surface area contributed by atoms with E-state index in [2.05, 4.69) is 9.97 Å². The van der Waals surface area contributed by atoms with Gasteiger partial charge in [0, 0.05) is 10.7 Å². The molecule has 0 atom stereocenters. The van der Waals surface area contributed by atoms with E-state index in [0.29, 0.717) is 16.2 Å². The average molecular weight is 277 g/mol. The Labute approximate surface area is 113 Å². The molecule has 0 saturated heterocycles. The number of benzene rings is 1. The van der Waals surface area contributed by atoms with Crippen molar-refractivity contribution < 1.29 is 4.39 Å². The molecule has 96 valence electrons. The van der Waals surface area contributed by atoms with Crippen molar-refractivity contribution in [2.24, 2.45) is 0 Å². The maximum Gasteiger partial charge on any atom is 0.207 e. The van der Waals surface area contributed by atoms with Crippen LogP contribution in [0.15, 0.2) is 30.3 Å². The number of fused-ring (bicyclic) bond motifs is 1. The summed E-state index contributed by atoms with van der Waals surface area (Å²) in [5, 5.41) is 0.327. The van der Waals surface area contributed by atoms with Crippen molar-refractivity contribution in [3.05, 3.63) is 46.9 Å². The van der Waals surface area contributed by atoms with Crippen molar-refractivity contribution in [2.75, 3.05) is 5.73 Å². The van der Waals surface area contributed by atoms with Crippen molar-refractivity contribution in [1.82, 2.24) is 14.5 Å². The van der Waals surface area contributed by atoms with Gasteiger partial charge >= 0.3 is 0 Å². The minimum Gasteiger partial charge on any atom is -0.369 e. The quantitative estimate of drug-likeness (QED) is 0.743. The topological polar surface area (TPSA) is 56.7 Å². The van der Waals surface area contributed by atoms with Crippen molar-refractivity contribution in [2.45, 2.75) is 6.92 Å². The number of aryl methyl sites for hydroxylation is 1. The number of nitrogen functional groups attached to an aromatic ring is 1. The van der Waals surface area contributed by atoms with Gasteiger partial charge in [0.2, 0.25) is 5.95 Å². The fourth-order valence-electron chi connectivity index (χ4n) is 1.97. The fourth-order valence-corrected chi connectivity index (χ4v) is 2.13. The molecule has 6 heteroatoms. The zero-order valence-corrected chi connectivity index (χ0v) is 10.8. The van der Waals surface area contributed by atoms with Crippen molar-refractivity contribution in [3.63, 3.8) is 0 Å². The van der Waals surface area contributed by atoms with E-state index in [1.807, 2.05) is 13.0 Å². The fraction of sp³-hybridized carbons (Fsp3) is 0.0769. The number of imidazole rings is 1. The smallest absolute Gasteiger partial charge is 0.207 e. The number of hydrogen-bond donors (Lipinski definition) is 1. The lowest BCUT2D eigenvalue weighted by Crippen LogP contribution is -2.04. The number of nitrogens with two attached hydrogens (primary N) is 1. The summed E-state index contributed by atoms with van der Waals surface area (Å²) >= 11 is 5.75. The van der Waals surface area contributed by atoms with Crippen LogP contribution in [0.1, 0.15) is 5.69 Å². The van der Waals surface area contributed by atoms with Crippen LogP contribution in [-0.4, -0.2) is 14.5 Å². The lowest BCUT2D eigenvalue weighted by atomic mass is 10.3. The minimum absolute atomic E-state index is 0.189. The number of anilines is 1. The molecule has 2 aromatic heterocycles. The summed E-state index contributed by atoms with van der Waals surface area (Å²) in [5.41, 5.74) is 8.09. The number of hydrogen-bond acceptors (Lipinski definition) is 3. The number of nitrogens with zero attached hydrogens (tertiary/aromatic N) is 3. The van der Waals surface area contributed by atoms with Crippen LogP contribution in [0.4, 0.5) is 10.3 Å². The molecule has 0 aliphatic heterocycles. The average Bonchev–Trinajstić information content (AvgIpc) is 2.65. The molecular formula is C13H10ClFN4. The molecule has 0 aliphatic carbocycles. The third-order valence-electron chi connectivity index (χ3n) is 2.82. The number of pyridine rings is 1. The van der Waals surface area contributed by atoms with Gasteiger partial charge in [-0.3, -0.25) is 4.57 Å². The summed E-state index contributed by atoms with van der Waals surface area (Å²) in [7, 11) is 0. The van der Waals surface area contributed by atoms with Crippen LogP contribution in [0, 0.1) is 12.7 Å². The molecule has 1 aromatic carbocycles. The maximum atomic E-state index is 14.0. The Hall–Kier alpha value is -2.14. The summed E-state index contributed by atoms with van der Waals surface area (Å²) in [5.74, 6) is -0.281. The van der Waals surface area contributed by atoms with Gasteiger partial charge in [0.15, 0.2) is 5.65 Å². The summed E-state index contributed by atoms with van der Waals surface area (Å²) in [6, 6.07) is 8.02. The van der Waals surface area contributed by atoms with Crippen LogP contribution >= 0.6 is 11.6 Å². The normalized spacial score (nSPS) is 11.1. The van der Waals surface area contributed by atoms with Crippen LogP contribution in [0.5, 0.6) is 0 Å². The van der Waals surface area contributed by atoms with Crippen LogP contribution in [-0.2, 0) is 0 Å². The molecule has 2 N–H and O–H groups in total. The number of aromatic nitrogens is 3. The van der Waals surface area contributed by atoms with Crippen molar-refractivity contribution in [1.29, 1.82) is 0 Å². The van der Waals surface area contributed by atoms with Crippen LogP contribution in [0.2, 0.25) is 5.02 Å². The Kier molecular flexibility index (Phi) is 2.64. The highest BCUT2D eigenvalue weighted by Gasteiger charge is 2.14. The van der Waals surface area contributed by atoms with Gasteiger partial charge in [0.1, 0.15) is 11.3 Å². The van der Waals surface area contributed by atoms with Gasteiger partial charge in [0.05, 0.1) is 5.69 Å². The third-order valence-corrected chi connectivity index (χ3v) is 3.06. The van der Waals surface area contributed by atoms with E-state index in [-0.39, 0.29) is 11.6 Å². The summed E-state index contributed by atoms with van der Waals surface area (Å²) in [6.07, 6.45) is 0. The number of rotatable bonds is 1. The Morgan fingerprint density at radius 2 is 2.00 bits per heavy atom. The minimum atomic E-state index is -0.471. The predicted octanol–water partition coefficient (Wildman–Crippen LogP) is 3.10. The Morgan fingerprint density at radius 1 is 1.21 bits per heavy atom. The van der Waals surface area contributed by atoms with Gasteiger partial charge in [-0.1, -0.05) is 11.6 Å². The van der Waals surface area contributed by atoms with E-state index in [1.54, 1.807) is 18.2 Å². The molecule has 3 rings (SSSR count). The third kappa shape index (κ3) is 1.92. The van der Waals surface area contributed by atoms with Gasteiger partial charge < -0.3 is 5.73 Å². The van der Waals surface area contributed by atoms with Gasteiger partial charge in [-0.2, -0.15) is 0 Å². The first-order valence-electron chi connectivity index (χ1n) is 5.63. The van der Waals surface area contributed by atoms with E-state index in [1.165, 1.54) is 10.6 Å². The van der Waals surface area contributed by atoms with Gasteiger partial charge in [0.25, 0.3) is 0 Å². The molecular weight excluding hydrogens is 267 g/mol. The zero-order chi connectivity index (χ0) is 13.6. The first-order chi connectivity index (χ1) is 9.06. The molecule has 0 radical (unpaired) electrons. The monoisotopic (exact) mass is 276 g/mol. The SMILES string of the molecule is Cc1ccc2nc(N)n(-c3ccc(Cl)cc3F)c2n1. The summed E-state index contributed by atoms with van der Waals surface area (Å²) in [4.78, 5) is 8.53. The molecule has 0 aliphatic rings. The van der Waals surface area contributed by atoms with E-state index in [0.717, 1.165) is 5.69 Å². The Bertz CT molecular complexity index is 782. The van der Waals surface area contributed by atoms with E-state index >= 15 is 0 Å². The van der Waals surface area contributed by atoms with Crippen molar-refractivity contribution in [3.8, 4) is 5.69 Å². The maximum absolute atomic E-state index is 14.0. The molecule has 0 saturated carbocycles. The largest absolute Gasteiger partial charge is 0.369 e. The molecule has 3 aromatic rings. The molecule has 0 unspecified atom stereocenters. The molecule has 0 amide bonds. The lowest BCUT2D eigenvalue weighted by molar-refractivity contribution is 0.619. The van der Waals surface area contributed by atoms with Gasteiger partial charge in [-0.25, -0.2) is 14.4 Å². The lowest BCUT2D eigenvalue weighted by Gasteiger charge is -2.07. The first-order valence-corrected chi connectivity index (χ1v) is 6.01. The standard InChI is InChI=1S/C13H10ClFN4/c1-7-2-4-10-12(17-7)19(13(16)18-10)11-5-3-8(14)6-9(11)15/h2-6H,1H3,(H2,16,18). The molecule has 0 bridgehead atoms. The zero-order valence-electron chi connectivity index (χ0n) is 10.1. The van der Waals surface area contributed by atoms with Gasteiger partial charge in [-0.05, 0) is 37.3 Å². The summed E-state index contributed by atoms with van der Waals surface area (Å²) in [6.45, 7) is 1.85. The van der Waals surface area contributed by atoms with Crippen molar-refractivity contribution >= 4 is 28.7 Å². The molecule has 0 spiro atoms. The molecule has 4 nitrogen and oxygen atoms in total. The predicted molar refractivity (Wildman–Crippen MR) is 73.0 cm³/mol. The van der Waals surface area contributed by atoms with E-state index in [9.17, 15) is 4.39 Å². The highest BCUT2D eigenvalue weighted by Crippen LogP contribution is 2.25. The Morgan fingerprint density at radius 3 is 2.74 bits per heavy atom.